The Labute approximate surface area is 226 Å². The highest BCUT2D eigenvalue weighted by molar-refractivity contribution is 8.02. The maximum absolute atomic E-state index is 14.6. The molecule has 0 radical (unpaired) electrons. The van der Waals surface area contributed by atoms with E-state index < -0.39 is 46.0 Å². The molecule has 6 atom stereocenters. The number of carbonyl (C=O) groups is 3. The summed E-state index contributed by atoms with van der Waals surface area (Å²) in [4.78, 5) is 44.5. The zero-order valence-corrected chi connectivity index (χ0v) is 22.3. The fourth-order valence-electron chi connectivity index (χ4n) is 6.75. The molecule has 2 unspecified atom stereocenters. The third-order valence-electron chi connectivity index (χ3n) is 8.37. The van der Waals surface area contributed by atoms with Crippen LogP contribution in [0.2, 0.25) is 0 Å². The van der Waals surface area contributed by atoms with Gasteiger partial charge in [0.15, 0.2) is 0 Å². The number of hydrogen-bond donors (Lipinski definition) is 2. The van der Waals surface area contributed by atoms with E-state index in [0.717, 1.165) is 0 Å². The summed E-state index contributed by atoms with van der Waals surface area (Å²) in [7, 11) is 1.56. The second-order valence-electron chi connectivity index (χ2n) is 10.4. The van der Waals surface area contributed by atoms with Crippen molar-refractivity contribution in [3.63, 3.8) is 0 Å². The minimum absolute atomic E-state index is 0.198. The number of benzene rings is 2. The maximum atomic E-state index is 14.6. The Morgan fingerprint density at radius 3 is 2.47 bits per heavy atom. The quantitative estimate of drug-likeness (QED) is 0.472. The van der Waals surface area contributed by atoms with E-state index in [-0.39, 0.29) is 18.4 Å². The molecule has 1 spiro atoms. The highest BCUT2D eigenvalue weighted by Crippen LogP contribution is 2.72. The third kappa shape index (κ3) is 3.82. The summed E-state index contributed by atoms with van der Waals surface area (Å²) in [6.45, 7) is 5.54. The topological polar surface area (TPSA) is 107 Å². The molecule has 2 aromatic rings. The van der Waals surface area contributed by atoms with Crippen LogP contribution < -0.4 is 9.64 Å². The number of anilines is 1. The second kappa shape index (κ2) is 9.78. The number of amides is 2. The molecular weight excluding hydrogens is 504 g/mol. The van der Waals surface area contributed by atoms with Crippen molar-refractivity contribution in [2.75, 3.05) is 25.2 Å². The molecule has 5 rings (SSSR count). The Morgan fingerprint density at radius 1 is 1.21 bits per heavy atom. The molecule has 0 aliphatic carbocycles. The average molecular weight is 537 g/mol. The van der Waals surface area contributed by atoms with Gasteiger partial charge in [-0.25, -0.2) is 0 Å². The van der Waals surface area contributed by atoms with E-state index in [1.54, 1.807) is 42.4 Å². The first-order chi connectivity index (χ1) is 18.2. The molecule has 2 N–H and O–H groups in total. The van der Waals surface area contributed by atoms with E-state index >= 15 is 0 Å². The number of carboxylic acid groups (broad SMARTS) is 1. The lowest BCUT2D eigenvalue weighted by Crippen LogP contribution is -2.56. The van der Waals surface area contributed by atoms with Gasteiger partial charge in [-0.2, -0.15) is 0 Å². The molecule has 2 amide bonds. The van der Waals surface area contributed by atoms with Crippen LogP contribution in [0.5, 0.6) is 5.75 Å². The van der Waals surface area contributed by atoms with Crippen molar-refractivity contribution in [1.82, 2.24) is 4.90 Å². The summed E-state index contributed by atoms with van der Waals surface area (Å²) in [5.41, 5.74) is 1.30. The third-order valence-corrected chi connectivity index (χ3v) is 10.4. The average Bonchev–Trinajstić information content (AvgIpc) is 3.49. The van der Waals surface area contributed by atoms with Gasteiger partial charge in [0.2, 0.25) is 5.91 Å². The summed E-state index contributed by atoms with van der Waals surface area (Å²) in [6, 6.07) is 14.4. The molecule has 3 aliphatic rings. The van der Waals surface area contributed by atoms with E-state index in [1.807, 2.05) is 37.3 Å². The van der Waals surface area contributed by atoms with Gasteiger partial charge < -0.3 is 24.7 Å². The summed E-state index contributed by atoms with van der Waals surface area (Å²) >= 11 is 1.47. The minimum Gasteiger partial charge on any atom is -0.497 e. The zero-order chi connectivity index (χ0) is 27.2. The highest BCUT2D eigenvalue weighted by atomic mass is 32.2. The van der Waals surface area contributed by atoms with Gasteiger partial charge in [-0.05, 0) is 49.6 Å². The summed E-state index contributed by atoms with van der Waals surface area (Å²) in [5.74, 6) is -2.87. The Hall–Kier alpha value is -3.30. The number of fused-ring (bicyclic) bond motifs is 1. The monoisotopic (exact) mass is 536 g/mol. The molecule has 3 saturated heterocycles. The van der Waals surface area contributed by atoms with E-state index in [1.165, 1.54) is 16.7 Å². The molecular formula is C29H32N2O6S. The summed E-state index contributed by atoms with van der Waals surface area (Å²) in [6.07, 6.45) is 2.76. The molecule has 2 bridgehead atoms. The number of aliphatic carboxylic acids is 1. The van der Waals surface area contributed by atoms with Gasteiger partial charge in [0, 0.05) is 17.0 Å². The van der Waals surface area contributed by atoms with Gasteiger partial charge in [0.25, 0.3) is 5.91 Å². The largest absolute Gasteiger partial charge is 0.497 e. The molecule has 3 fully saturated rings. The highest BCUT2D eigenvalue weighted by Gasteiger charge is 2.78. The predicted octanol–water partition coefficient (Wildman–Crippen LogP) is 3.51. The number of methoxy groups -OCH3 is 1. The normalized spacial score (nSPS) is 30.1. The number of carbonyl (C=O) groups excluding carboxylic acids is 2. The van der Waals surface area contributed by atoms with Crippen molar-refractivity contribution >= 4 is 35.2 Å². The van der Waals surface area contributed by atoms with E-state index in [2.05, 4.69) is 6.58 Å². The number of carboxylic acids is 1. The predicted molar refractivity (Wildman–Crippen MR) is 145 cm³/mol. The first-order valence-corrected chi connectivity index (χ1v) is 13.5. The van der Waals surface area contributed by atoms with Crippen LogP contribution in [-0.4, -0.2) is 68.7 Å². The van der Waals surface area contributed by atoms with Crippen LogP contribution in [0.3, 0.4) is 0 Å². The van der Waals surface area contributed by atoms with E-state index in [0.29, 0.717) is 29.8 Å². The summed E-state index contributed by atoms with van der Waals surface area (Å²) < 4.78 is 3.71. The van der Waals surface area contributed by atoms with Crippen LogP contribution in [0.1, 0.15) is 31.4 Å². The van der Waals surface area contributed by atoms with Gasteiger partial charge in [-0.1, -0.05) is 36.4 Å². The summed E-state index contributed by atoms with van der Waals surface area (Å²) in [5, 5.41) is 20.8. The number of hydrogen-bond acceptors (Lipinski definition) is 6. The minimum atomic E-state index is -1.02. The standard InChI is InChI=1S/C29H32N2O6S/c1-4-16-30(19-10-12-20(37-3)13-11-19)26(34)24-29-15-14-28(2,38-29)23(27(35)36)22(29)25(33)31(24)21(17-32)18-8-6-5-7-9-18/h4-13,21-24,32H,1,14-17H2,2-3H3,(H,35,36)/t21-,22+,23-,24?,28+,29?/m1/s1. The van der Waals surface area contributed by atoms with Crippen LogP contribution in [0.4, 0.5) is 5.69 Å². The first-order valence-electron chi connectivity index (χ1n) is 12.7. The van der Waals surface area contributed by atoms with Gasteiger partial charge in [-0.15, -0.1) is 18.3 Å². The number of aliphatic hydroxyl groups is 1. The molecule has 200 valence electrons. The Bertz CT molecular complexity index is 1250. The Morgan fingerprint density at radius 2 is 1.89 bits per heavy atom. The Balaban J connectivity index is 1.66. The smallest absolute Gasteiger partial charge is 0.308 e. The van der Waals surface area contributed by atoms with Crippen LogP contribution >= 0.6 is 11.8 Å². The lowest BCUT2D eigenvalue weighted by atomic mass is 9.66. The van der Waals surface area contributed by atoms with Crippen molar-refractivity contribution in [3.05, 3.63) is 72.8 Å². The number of ether oxygens (including phenoxy) is 1. The van der Waals surface area contributed by atoms with Crippen molar-refractivity contribution in [2.24, 2.45) is 11.8 Å². The van der Waals surface area contributed by atoms with Gasteiger partial charge in [0.05, 0.1) is 36.3 Å². The van der Waals surface area contributed by atoms with Gasteiger partial charge >= 0.3 is 5.97 Å². The van der Waals surface area contributed by atoms with E-state index in [4.69, 9.17) is 4.74 Å². The number of thioether (sulfide) groups is 1. The fraction of sp³-hybridized carbons (Fsp3) is 0.414. The van der Waals surface area contributed by atoms with Gasteiger partial charge in [-0.3, -0.25) is 14.4 Å². The zero-order valence-electron chi connectivity index (χ0n) is 21.4. The molecule has 2 aromatic carbocycles. The number of nitrogens with zero attached hydrogens (tertiary/aromatic N) is 2. The van der Waals surface area contributed by atoms with Crippen LogP contribution in [0.25, 0.3) is 0 Å². The molecule has 3 heterocycles. The first kappa shape index (κ1) is 26.3. The van der Waals surface area contributed by atoms with Crippen LogP contribution in [-0.2, 0) is 14.4 Å². The SMILES string of the molecule is C=CCN(C(=O)C1N([C@H](CO)c2ccccc2)C(=O)[C@@H]2[C@H](C(=O)O)[C@]3(C)CCC12S3)c1ccc(OC)cc1. The van der Waals surface area contributed by atoms with Crippen LogP contribution in [0, 0.1) is 11.8 Å². The maximum Gasteiger partial charge on any atom is 0.308 e. The number of aliphatic hydroxyl groups excluding tert-OH is 1. The molecule has 0 aromatic heterocycles. The van der Waals surface area contributed by atoms with Crippen molar-refractivity contribution in [1.29, 1.82) is 0 Å². The number of rotatable bonds is 9. The van der Waals surface area contributed by atoms with Crippen LogP contribution in [0.15, 0.2) is 67.3 Å². The lowest BCUT2D eigenvalue weighted by molar-refractivity contribution is -0.150. The fourth-order valence-corrected chi connectivity index (χ4v) is 9.08. The van der Waals surface area contributed by atoms with E-state index in [9.17, 15) is 24.6 Å². The molecule has 8 nitrogen and oxygen atoms in total. The van der Waals surface area contributed by atoms with Gasteiger partial charge in [0.1, 0.15) is 11.8 Å². The van der Waals surface area contributed by atoms with Crippen molar-refractivity contribution in [3.8, 4) is 5.75 Å². The molecule has 9 heteroatoms. The van der Waals surface area contributed by atoms with Crippen molar-refractivity contribution < 1.29 is 29.3 Å². The second-order valence-corrected chi connectivity index (χ2v) is 12.3. The molecule has 3 aliphatic heterocycles. The lowest BCUT2D eigenvalue weighted by Gasteiger charge is -2.39. The molecule has 0 saturated carbocycles. The molecule has 38 heavy (non-hydrogen) atoms. The Kier molecular flexibility index (Phi) is 6.77. The number of likely N-dealkylation sites (tertiary alicyclic amines) is 1. The van der Waals surface area contributed by atoms with Crippen molar-refractivity contribution in [2.45, 2.75) is 41.3 Å².